The third kappa shape index (κ3) is 3.85. The fourth-order valence-corrected chi connectivity index (χ4v) is 1.30. The number of carbonyl (C=O) groups excluding carboxylic acids is 2. The first-order valence-corrected chi connectivity index (χ1v) is 4.88. The lowest BCUT2D eigenvalue weighted by atomic mass is 10.2. The van der Waals surface area contributed by atoms with Crippen molar-refractivity contribution in [3.8, 4) is 0 Å². The van der Waals surface area contributed by atoms with Crippen molar-refractivity contribution in [1.29, 1.82) is 0 Å². The molecule has 0 saturated heterocycles. The zero-order chi connectivity index (χ0) is 12.1. The van der Waals surface area contributed by atoms with E-state index in [-0.39, 0.29) is 12.5 Å². The summed E-state index contributed by atoms with van der Waals surface area (Å²) >= 11 is 0. The van der Waals surface area contributed by atoms with Gasteiger partial charge in [-0.1, -0.05) is 0 Å². The second-order valence-electron chi connectivity index (χ2n) is 3.57. The summed E-state index contributed by atoms with van der Waals surface area (Å²) in [4.78, 5) is 32.5. The van der Waals surface area contributed by atoms with Crippen LogP contribution in [0.25, 0.3) is 0 Å². The van der Waals surface area contributed by atoms with Crippen LogP contribution in [0.2, 0.25) is 0 Å². The molecular formula is C9H14N2O5. The maximum absolute atomic E-state index is 11.1. The Morgan fingerprint density at radius 3 is 2.50 bits per heavy atom. The number of hydrogen-bond donors (Lipinski definition) is 3. The molecule has 0 radical (unpaired) electrons. The van der Waals surface area contributed by atoms with E-state index < -0.39 is 24.0 Å². The third-order valence-electron chi connectivity index (χ3n) is 2.27. The van der Waals surface area contributed by atoms with Crippen LogP contribution in [-0.4, -0.2) is 42.8 Å². The molecule has 1 aliphatic rings. The van der Waals surface area contributed by atoms with Gasteiger partial charge in [0.2, 0.25) is 5.91 Å². The summed E-state index contributed by atoms with van der Waals surface area (Å²) in [5, 5.41) is 13.4. The molecule has 0 aliphatic heterocycles. The number of amides is 2. The Kier molecular flexibility index (Phi) is 4.24. The molecular weight excluding hydrogens is 216 g/mol. The Labute approximate surface area is 92.1 Å². The van der Waals surface area contributed by atoms with Gasteiger partial charge in [-0.05, 0) is 18.8 Å². The van der Waals surface area contributed by atoms with Crippen LogP contribution < -0.4 is 10.6 Å². The van der Waals surface area contributed by atoms with Gasteiger partial charge in [0.15, 0.2) is 0 Å². The van der Waals surface area contributed by atoms with Gasteiger partial charge < -0.3 is 9.84 Å². The molecule has 16 heavy (non-hydrogen) atoms. The van der Waals surface area contributed by atoms with Crippen molar-refractivity contribution < 1.29 is 24.2 Å². The van der Waals surface area contributed by atoms with E-state index in [9.17, 15) is 14.4 Å². The molecule has 3 N–H and O–H groups in total. The second-order valence-corrected chi connectivity index (χ2v) is 3.57. The molecule has 0 aromatic carbocycles. The molecule has 1 unspecified atom stereocenters. The molecule has 0 bridgehead atoms. The third-order valence-corrected chi connectivity index (χ3v) is 2.27. The smallest absolute Gasteiger partial charge is 0.413 e. The zero-order valence-electron chi connectivity index (χ0n) is 8.86. The molecule has 1 saturated carbocycles. The highest BCUT2D eigenvalue weighted by atomic mass is 16.5. The summed E-state index contributed by atoms with van der Waals surface area (Å²) in [7, 11) is 1.14. The monoisotopic (exact) mass is 230 g/mol. The topological polar surface area (TPSA) is 105 Å². The van der Waals surface area contributed by atoms with Gasteiger partial charge in [0.1, 0.15) is 6.04 Å². The van der Waals surface area contributed by atoms with E-state index >= 15 is 0 Å². The molecule has 90 valence electrons. The highest BCUT2D eigenvalue weighted by Crippen LogP contribution is 2.32. The van der Waals surface area contributed by atoms with Crippen LogP contribution in [0.5, 0.6) is 0 Å². The molecule has 1 rings (SSSR count). The number of hydrogen-bond acceptors (Lipinski definition) is 5. The molecule has 0 aromatic heterocycles. The van der Waals surface area contributed by atoms with E-state index in [0.29, 0.717) is 0 Å². The number of alkyl carbamates (subject to hydrolysis) is 1. The van der Waals surface area contributed by atoms with Crippen molar-refractivity contribution in [3.05, 3.63) is 0 Å². The Morgan fingerprint density at radius 1 is 1.44 bits per heavy atom. The van der Waals surface area contributed by atoms with E-state index in [4.69, 9.17) is 5.11 Å². The quantitative estimate of drug-likeness (QED) is 0.578. The van der Waals surface area contributed by atoms with E-state index in [1.165, 1.54) is 0 Å². The predicted molar refractivity (Wildman–Crippen MR) is 52.7 cm³/mol. The van der Waals surface area contributed by atoms with Crippen LogP contribution in [0.15, 0.2) is 0 Å². The first-order chi connectivity index (χ1) is 7.54. The van der Waals surface area contributed by atoms with Crippen LogP contribution in [0.1, 0.15) is 12.8 Å². The van der Waals surface area contributed by atoms with Gasteiger partial charge in [0, 0.05) is 0 Å². The Hall–Kier alpha value is -1.63. The minimum Gasteiger partial charge on any atom is -0.480 e. The van der Waals surface area contributed by atoms with Gasteiger partial charge in [-0.3, -0.25) is 20.2 Å². The summed E-state index contributed by atoms with van der Waals surface area (Å²) in [5.74, 6) is -1.50. The fraction of sp³-hybridized carbons (Fsp3) is 0.667. The number of methoxy groups -OCH3 is 1. The first-order valence-electron chi connectivity index (χ1n) is 4.88. The summed E-state index contributed by atoms with van der Waals surface area (Å²) in [6.45, 7) is -0.220. The lowest BCUT2D eigenvalue weighted by Gasteiger charge is -2.12. The minimum absolute atomic E-state index is 0.0865. The van der Waals surface area contributed by atoms with Crippen LogP contribution in [0.3, 0.4) is 0 Å². The summed E-state index contributed by atoms with van der Waals surface area (Å²) in [5.41, 5.74) is 0. The van der Waals surface area contributed by atoms with E-state index in [2.05, 4.69) is 10.1 Å². The lowest BCUT2D eigenvalue weighted by Crippen LogP contribution is -2.45. The van der Waals surface area contributed by atoms with Gasteiger partial charge in [0.05, 0.1) is 13.7 Å². The maximum atomic E-state index is 11.1. The standard InChI is InChI=1S/C9H14N2O5/c1-16-9(15)11-6(12)4-10-7(8(13)14)5-2-3-5/h5,7,10H,2-4H2,1H3,(H,13,14)(H,11,12,15). The van der Waals surface area contributed by atoms with Gasteiger partial charge in [-0.2, -0.15) is 0 Å². The number of nitrogens with one attached hydrogen (secondary N) is 2. The molecule has 2 amide bonds. The normalized spacial score (nSPS) is 16.3. The number of carbonyl (C=O) groups is 3. The van der Waals surface area contributed by atoms with Crippen molar-refractivity contribution in [3.63, 3.8) is 0 Å². The zero-order valence-corrected chi connectivity index (χ0v) is 8.86. The minimum atomic E-state index is -0.978. The maximum Gasteiger partial charge on any atom is 0.413 e. The average molecular weight is 230 g/mol. The highest BCUT2D eigenvalue weighted by Gasteiger charge is 2.36. The molecule has 0 aromatic rings. The molecule has 1 aliphatic carbocycles. The number of ether oxygens (including phenoxy) is 1. The lowest BCUT2D eigenvalue weighted by molar-refractivity contribution is -0.140. The SMILES string of the molecule is COC(=O)NC(=O)CNC(C(=O)O)C1CC1. The number of aliphatic carboxylic acids is 1. The van der Waals surface area contributed by atoms with Crippen LogP contribution in [0, 0.1) is 5.92 Å². The first kappa shape index (κ1) is 12.4. The summed E-state index contributed by atoms with van der Waals surface area (Å²) in [6, 6.07) is -0.719. The van der Waals surface area contributed by atoms with Crippen molar-refractivity contribution in [2.45, 2.75) is 18.9 Å². The molecule has 1 atom stereocenters. The van der Waals surface area contributed by atoms with Crippen molar-refractivity contribution >= 4 is 18.0 Å². The van der Waals surface area contributed by atoms with Gasteiger partial charge >= 0.3 is 12.1 Å². The fourth-order valence-electron chi connectivity index (χ4n) is 1.30. The Balaban J connectivity index is 2.29. The van der Waals surface area contributed by atoms with Gasteiger partial charge in [0.25, 0.3) is 0 Å². The number of carboxylic acids is 1. The number of carboxylic acid groups (broad SMARTS) is 1. The molecule has 7 heteroatoms. The molecule has 1 fully saturated rings. The summed E-state index contributed by atoms with van der Waals surface area (Å²) in [6.07, 6.45) is 0.843. The summed E-state index contributed by atoms with van der Waals surface area (Å²) < 4.78 is 4.22. The van der Waals surface area contributed by atoms with Crippen molar-refractivity contribution in [2.75, 3.05) is 13.7 Å². The van der Waals surface area contributed by atoms with Crippen LogP contribution >= 0.6 is 0 Å². The van der Waals surface area contributed by atoms with E-state index in [0.717, 1.165) is 20.0 Å². The Bertz CT molecular complexity index is 300. The number of imide groups is 1. The molecule has 0 heterocycles. The molecule has 0 spiro atoms. The predicted octanol–water partition coefficient (Wildman–Crippen LogP) is -0.678. The largest absolute Gasteiger partial charge is 0.480 e. The van der Waals surface area contributed by atoms with Crippen LogP contribution in [0.4, 0.5) is 4.79 Å². The van der Waals surface area contributed by atoms with Gasteiger partial charge in [-0.15, -0.1) is 0 Å². The number of rotatable bonds is 5. The van der Waals surface area contributed by atoms with E-state index in [1.54, 1.807) is 0 Å². The van der Waals surface area contributed by atoms with Crippen LogP contribution in [-0.2, 0) is 14.3 Å². The average Bonchev–Trinajstić information content (AvgIpc) is 3.01. The molecule has 7 nitrogen and oxygen atoms in total. The Morgan fingerprint density at radius 2 is 2.06 bits per heavy atom. The highest BCUT2D eigenvalue weighted by molar-refractivity contribution is 5.93. The van der Waals surface area contributed by atoms with Gasteiger partial charge in [-0.25, -0.2) is 4.79 Å². The second kappa shape index (κ2) is 5.45. The van der Waals surface area contributed by atoms with E-state index in [1.807, 2.05) is 5.32 Å². The van der Waals surface area contributed by atoms with Crippen molar-refractivity contribution in [2.24, 2.45) is 5.92 Å². The van der Waals surface area contributed by atoms with Crippen molar-refractivity contribution in [1.82, 2.24) is 10.6 Å².